The predicted octanol–water partition coefficient (Wildman–Crippen LogP) is 3.47. The van der Waals surface area contributed by atoms with Gasteiger partial charge in [0.25, 0.3) is 5.91 Å². The third-order valence-corrected chi connectivity index (χ3v) is 7.19. The van der Waals surface area contributed by atoms with Gasteiger partial charge < -0.3 is 30.4 Å². The average Bonchev–Trinajstić information content (AvgIpc) is 3.61. The normalized spacial score (nSPS) is 16.4. The molecule has 0 saturated carbocycles. The van der Waals surface area contributed by atoms with E-state index in [-0.39, 0.29) is 23.9 Å². The third kappa shape index (κ3) is 8.03. The van der Waals surface area contributed by atoms with Gasteiger partial charge in [0.05, 0.1) is 13.2 Å². The predicted molar refractivity (Wildman–Crippen MR) is 159 cm³/mol. The molecule has 1 aliphatic heterocycles. The molecule has 3 aromatic rings. The lowest BCUT2D eigenvalue weighted by Crippen LogP contribution is -2.54. The number of amides is 4. The summed E-state index contributed by atoms with van der Waals surface area (Å²) in [6.07, 6.45) is -1.41. The molecule has 0 bridgehead atoms. The van der Waals surface area contributed by atoms with Crippen LogP contribution in [0.2, 0.25) is 0 Å². The van der Waals surface area contributed by atoms with Crippen molar-refractivity contribution in [3.63, 3.8) is 0 Å². The van der Waals surface area contributed by atoms with Crippen molar-refractivity contribution in [2.45, 2.75) is 51.3 Å². The quantitative estimate of drug-likeness (QED) is 0.215. The first-order valence-electron chi connectivity index (χ1n) is 14.2. The zero-order valence-electron chi connectivity index (χ0n) is 24.3. The number of methoxy groups -OCH3 is 1. The molecule has 5 N–H and O–H groups in total. The van der Waals surface area contributed by atoms with Crippen LogP contribution in [0.15, 0.2) is 54.6 Å². The van der Waals surface area contributed by atoms with Gasteiger partial charge in [0.15, 0.2) is 0 Å². The van der Waals surface area contributed by atoms with Crippen LogP contribution in [0.5, 0.6) is 5.75 Å². The minimum Gasteiger partial charge on any atom is -0.496 e. The summed E-state index contributed by atoms with van der Waals surface area (Å²) in [7, 11) is 1.54. The fraction of sp³-hybridized carbons (Fsp3) is 0.387. The number of nitrogens with zero attached hydrogens (tertiary/aromatic N) is 1. The van der Waals surface area contributed by atoms with Crippen molar-refractivity contribution in [2.75, 3.05) is 19.0 Å². The number of benzene rings is 2. The molecular formula is C31H36N6O6. The number of ether oxygens (including phenoxy) is 2. The Morgan fingerprint density at radius 1 is 1.09 bits per heavy atom. The van der Waals surface area contributed by atoms with E-state index in [1.54, 1.807) is 55.6 Å². The molecule has 2 aromatic carbocycles. The maximum Gasteiger partial charge on any atom is 0.413 e. The molecule has 0 aliphatic carbocycles. The van der Waals surface area contributed by atoms with Crippen molar-refractivity contribution in [3.8, 4) is 11.8 Å². The number of para-hydroxylation sites is 1. The van der Waals surface area contributed by atoms with Crippen LogP contribution < -0.4 is 26.0 Å². The summed E-state index contributed by atoms with van der Waals surface area (Å²) >= 11 is 0. The molecular weight excluding hydrogens is 552 g/mol. The van der Waals surface area contributed by atoms with E-state index in [4.69, 9.17) is 9.47 Å². The zero-order valence-corrected chi connectivity index (χ0v) is 24.3. The molecule has 4 atom stereocenters. The van der Waals surface area contributed by atoms with Crippen LogP contribution in [-0.4, -0.2) is 60.6 Å². The number of nitriles is 1. The van der Waals surface area contributed by atoms with Gasteiger partial charge in [-0.05, 0) is 55.5 Å². The summed E-state index contributed by atoms with van der Waals surface area (Å²) in [5.41, 5.74) is 1.41. The fourth-order valence-electron chi connectivity index (χ4n) is 5.07. The van der Waals surface area contributed by atoms with Crippen molar-refractivity contribution >= 4 is 40.4 Å². The van der Waals surface area contributed by atoms with E-state index >= 15 is 0 Å². The largest absolute Gasteiger partial charge is 0.496 e. The van der Waals surface area contributed by atoms with Gasteiger partial charge in [-0.25, -0.2) is 4.79 Å². The lowest BCUT2D eigenvalue weighted by atomic mass is 9.94. The first-order chi connectivity index (χ1) is 20.7. The summed E-state index contributed by atoms with van der Waals surface area (Å²) in [4.78, 5) is 55.0. The molecule has 0 radical (unpaired) electrons. The number of carbonyl (C=O) groups excluding carboxylic acids is 4. The van der Waals surface area contributed by atoms with Gasteiger partial charge in [-0.1, -0.05) is 38.1 Å². The lowest BCUT2D eigenvalue weighted by Gasteiger charge is -2.28. The number of carbonyl (C=O) groups is 4. The van der Waals surface area contributed by atoms with Gasteiger partial charge in [0.2, 0.25) is 17.9 Å². The molecule has 12 nitrogen and oxygen atoms in total. The summed E-state index contributed by atoms with van der Waals surface area (Å²) in [6, 6.07) is 15.6. The molecule has 1 fully saturated rings. The van der Waals surface area contributed by atoms with E-state index < -0.39 is 42.0 Å². The van der Waals surface area contributed by atoms with Crippen LogP contribution in [0.1, 0.15) is 43.6 Å². The number of aromatic amines is 1. The molecule has 4 amide bonds. The summed E-state index contributed by atoms with van der Waals surface area (Å²) in [5, 5.41) is 21.6. The van der Waals surface area contributed by atoms with E-state index in [0.29, 0.717) is 36.3 Å². The van der Waals surface area contributed by atoms with Crippen LogP contribution in [0.4, 0.5) is 10.5 Å². The summed E-state index contributed by atoms with van der Waals surface area (Å²) < 4.78 is 10.8. The van der Waals surface area contributed by atoms with E-state index in [9.17, 15) is 24.4 Å². The van der Waals surface area contributed by atoms with Gasteiger partial charge in [-0.2, -0.15) is 5.26 Å². The third-order valence-electron chi connectivity index (χ3n) is 7.19. The van der Waals surface area contributed by atoms with Gasteiger partial charge in [0, 0.05) is 29.1 Å². The van der Waals surface area contributed by atoms with E-state index in [2.05, 4.69) is 26.3 Å². The minimum absolute atomic E-state index is 0.0255. The number of H-pyrrole nitrogens is 1. The van der Waals surface area contributed by atoms with Gasteiger partial charge in [0.1, 0.15) is 23.6 Å². The first-order valence-corrected chi connectivity index (χ1v) is 14.2. The van der Waals surface area contributed by atoms with Gasteiger partial charge >= 0.3 is 6.09 Å². The van der Waals surface area contributed by atoms with Crippen LogP contribution >= 0.6 is 0 Å². The number of nitrogens with one attached hydrogen (secondary N) is 5. The Morgan fingerprint density at radius 3 is 2.51 bits per heavy atom. The molecule has 1 saturated heterocycles. The molecule has 1 aliphatic rings. The average molecular weight is 589 g/mol. The lowest BCUT2D eigenvalue weighted by molar-refractivity contribution is -0.126. The Hall–Kier alpha value is -5.05. The molecule has 2 heterocycles. The maximum absolute atomic E-state index is 13.7. The smallest absolute Gasteiger partial charge is 0.413 e. The maximum atomic E-state index is 13.7. The number of fused-ring (bicyclic) bond motifs is 1. The molecule has 226 valence electrons. The minimum atomic E-state index is -1.40. The second-order valence-corrected chi connectivity index (χ2v) is 10.8. The highest BCUT2D eigenvalue weighted by molar-refractivity contribution is 6.01. The Bertz CT molecular complexity index is 1500. The van der Waals surface area contributed by atoms with Crippen LogP contribution in [0, 0.1) is 23.2 Å². The van der Waals surface area contributed by atoms with E-state index in [1.807, 2.05) is 26.0 Å². The second-order valence-electron chi connectivity index (χ2n) is 10.8. The highest BCUT2D eigenvalue weighted by Crippen LogP contribution is 2.26. The van der Waals surface area contributed by atoms with Crippen molar-refractivity contribution in [1.82, 2.24) is 20.9 Å². The molecule has 43 heavy (non-hydrogen) atoms. The van der Waals surface area contributed by atoms with Crippen LogP contribution in [0.25, 0.3) is 10.9 Å². The molecule has 2 unspecified atom stereocenters. The monoisotopic (exact) mass is 588 g/mol. The second kappa shape index (κ2) is 14.2. The zero-order chi connectivity index (χ0) is 30.9. The Kier molecular flexibility index (Phi) is 10.2. The topological polar surface area (TPSA) is 174 Å². The highest BCUT2D eigenvalue weighted by atomic mass is 16.6. The Balaban J connectivity index is 1.52. The highest BCUT2D eigenvalue weighted by Gasteiger charge is 2.36. The van der Waals surface area contributed by atoms with Crippen LogP contribution in [0.3, 0.4) is 0 Å². The standard InChI is InChI=1S/C31H36N6O6/c1-18(2)14-24(37-30(40)25-16-21-22(35-25)10-7-11-26(21)42-3)29(39)36-23(15-19-12-13-33-28(19)38)27(17-32)43-31(41)34-20-8-5-4-6-9-20/h4-11,16,18-19,23-24,27,35H,12-15H2,1-3H3,(H,33,38)(H,34,41)(H,36,39)(H,37,40)/t19-,23-,24?,27?/m0/s1. The van der Waals surface area contributed by atoms with E-state index in [1.165, 1.54) is 0 Å². The van der Waals surface area contributed by atoms with Gasteiger partial charge in [-0.15, -0.1) is 0 Å². The number of rotatable bonds is 12. The Morgan fingerprint density at radius 2 is 1.86 bits per heavy atom. The number of aromatic nitrogens is 1. The van der Waals surface area contributed by atoms with Crippen molar-refractivity contribution < 1.29 is 28.7 Å². The van der Waals surface area contributed by atoms with Crippen molar-refractivity contribution in [1.29, 1.82) is 5.26 Å². The van der Waals surface area contributed by atoms with Crippen molar-refractivity contribution in [2.24, 2.45) is 11.8 Å². The fourth-order valence-corrected chi connectivity index (χ4v) is 5.07. The van der Waals surface area contributed by atoms with E-state index in [0.717, 1.165) is 5.39 Å². The van der Waals surface area contributed by atoms with Crippen molar-refractivity contribution in [3.05, 3.63) is 60.3 Å². The summed E-state index contributed by atoms with van der Waals surface area (Å²) in [5.74, 6) is -1.13. The van der Waals surface area contributed by atoms with Crippen LogP contribution in [-0.2, 0) is 14.3 Å². The van der Waals surface area contributed by atoms with Gasteiger partial charge in [-0.3, -0.25) is 19.7 Å². The molecule has 4 rings (SSSR count). The molecule has 12 heteroatoms. The molecule has 0 spiro atoms. The Labute approximate surface area is 249 Å². The number of anilines is 1. The summed E-state index contributed by atoms with van der Waals surface area (Å²) in [6.45, 7) is 4.30. The SMILES string of the molecule is COc1cccc2[nH]c(C(=O)NC(CC(C)C)C(=O)N[C@@H](C[C@@H]3CCNC3=O)C(C#N)OC(=O)Nc3ccccc3)cc12. The number of hydrogen-bond acceptors (Lipinski definition) is 7. The number of hydrogen-bond donors (Lipinski definition) is 5. The first kappa shape index (κ1) is 30.9. The molecule has 1 aromatic heterocycles.